The van der Waals surface area contributed by atoms with Crippen molar-refractivity contribution < 1.29 is 18.3 Å². The van der Waals surface area contributed by atoms with Crippen LogP contribution in [-0.4, -0.2) is 19.9 Å². The van der Waals surface area contributed by atoms with Crippen molar-refractivity contribution in [3.05, 3.63) is 145 Å². The van der Waals surface area contributed by atoms with Gasteiger partial charge in [-0.05, 0) is 74.5 Å². The van der Waals surface area contributed by atoms with Crippen LogP contribution in [0.3, 0.4) is 0 Å². The minimum atomic E-state index is -0.702. The van der Waals surface area contributed by atoms with Gasteiger partial charge in [0.1, 0.15) is 11.5 Å². The van der Waals surface area contributed by atoms with Gasteiger partial charge in [0.15, 0.2) is 0 Å². The van der Waals surface area contributed by atoms with Crippen LogP contribution >= 0.6 is 0 Å². The van der Waals surface area contributed by atoms with Gasteiger partial charge in [-0.1, -0.05) is 48.5 Å². The van der Waals surface area contributed by atoms with E-state index in [2.05, 4.69) is 9.97 Å². The Kier molecular flexibility index (Phi) is 7.57. The Morgan fingerprint density at radius 1 is 0.465 bits per heavy atom. The number of ether oxygens (including phenoxy) is 2. The molecule has 6 rings (SSSR count). The average molecular weight is 573 g/mol. The Bertz CT molecular complexity index is 1750. The molecule has 6 aromatic rings. The summed E-state index contributed by atoms with van der Waals surface area (Å²) in [5, 5.41) is 0. The summed E-state index contributed by atoms with van der Waals surface area (Å²) in [6.07, 6.45) is 0. The number of hydrogen-bond acceptors (Lipinski definition) is 6. The molecule has 0 fully saturated rings. The maximum absolute atomic E-state index is 15.1. The first-order valence-electron chi connectivity index (χ1n) is 13.6. The first kappa shape index (κ1) is 27.7. The summed E-state index contributed by atoms with van der Waals surface area (Å²) in [6.45, 7) is 3.92. The summed E-state index contributed by atoms with van der Waals surface area (Å²) in [6, 6.07) is 35.3. The van der Waals surface area contributed by atoms with E-state index in [9.17, 15) is 0 Å². The van der Waals surface area contributed by atoms with Gasteiger partial charge in [-0.15, -0.1) is 0 Å². The lowest BCUT2D eigenvalue weighted by molar-refractivity contribution is 0.445. The molecule has 0 bridgehead atoms. The molecule has 4 aromatic heterocycles. The fraction of sp³-hybridized carbons (Fsp3) is 0.0857. The fourth-order valence-electron chi connectivity index (χ4n) is 4.55. The molecule has 0 saturated heterocycles. The van der Waals surface area contributed by atoms with Crippen molar-refractivity contribution in [1.29, 1.82) is 0 Å². The lowest BCUT2D eigenvalue weighted by Crippen LogP contribution is -2.22. The van der Waals surface area contributed by atoms with E-state index in [1.54, 1.807) is 60.7 Å². The Morgan fingerprint density at radius 3 is 1.28 bits per heavy atom. The Balaban J connectivity index is 1.25. The van der Waals surface area contributed by atoms with Crippen molar-refractivity contribution in [2.24, 2.45) is 0 Å². The third kappa shape index (κ3) is 6.08. The summed E-state index contributed by atoms with van der Waals surface area (Å²) in [5.74, 6) is 0.0202. The Morgan fingerprint density at radius 2 is 0.884 bits per heavy atom. The lowest BCUT2D eigenvalue weighted by Gasteiger charge is -2.25. The number of benzene rings is 2. The monoisotopic (exact) mass is 572 g/mol. The van der Waals surface area contributed by atoms with Crippen LogP contribution in [0.2, 0.25) is 0 Å². The quantitative estimate of drug-likeness (QED) is 0.170. The van der Waals surface area contributed by atoms with Crippen LogP contribution in [0.25, 0.3) is 22.5 Å². The second-order valence-electron chi connectivity index (χ2n) is 10.2. The largest absolute Gasteiger partial charge is 0.439 e. The summed E-state index contributed by atoms with van der Waals surface area (Å²) in [5.41, 5.74) is 1.93. The maximum atomic E-state index is 15.1. The average Bonchev–Trinajstić information content (AvgIpc) is 3.02. The van der Waals surface area contributed by atoms with E-state index in [-0.39, 0.29) is 22.9 Å². The van der Waals surface area contributed by atoms with Crippen molar-refractivity contribution in [3.63, 3.8) is 0 Å². The van der Waals surface area contributed by atoms with Crippen molar-refractivity contribution in [2.45, 2.75) is 19.3 Å². The number of para-hydroxylation sites is 2. The molecule has 8 heteroatoms. The maximum Gasteiger partial charge on any atom is 0.225 e. The molecule has 0 atom stereocenters. The Hall–Kier alpha value is -5.50. The predicted octanol–water partition coefficient (Wildman–Crippen LogP) is 8.79. The van der Waals surface area contributed by atoms with Gasteiger partial charge in [0.05, 0.1) is 33.9 Å². The van der Waals surface area contributed by atoms with Gasteiger partial charge in [-0.3, -0.25) is 9.97 Å². The zero-order valence-corrected chi connectivity index (χ0v) is 23.4. The SMILES string of the molecule is CC(C)(c1cccc(-c2ccc(Oc3ccccc3)nc2F)n1)c1cccc(-c2ccc(Oc3ccccc3)nc2F)n1. The van der Waals surface area contributed by atoms with E-state index >= 15 is 8.78 Å². The first-order chi connectivity index (χ1) is 20.9. The molecule has 0 aliphatic carbocycles. The number of rotatable bonds is 8. The highest BCUT2D eigenvalue weighted by atomic mass is 19.1. The molecular formula is C35H26F2N4O2. The standard InChI is InChI=1S/C35H26F2N4O2/c1-35(2,29-17-9-15-27(38-29)25-19-21-31(40-33(25)36)42-23-11-5-3-6-12-23)30-18-10-16-28(39-30)26-20-22-32(41-34(26)37)43-24-13-7-4-8-14-24/h3-22H,1-2H3. The smallest absolute Gasteiger partial charge is 0.225 e. The molecule has 6 nitrogen and oxygen atoms in total. The van der Waals surface area contributed by atoms with Gasteiger partial charge in [0.2, 0.25) is 23.7 Å². The molecule has 43 heavy (non-hydrogen) atoms. The van der Waals surface area contributed by atoms with Crippen molar-refractivity contribution in [1.82, 2.24) is 19.9 Å². The second-order valence-corrected chi connectivity index (χ2v) is 10.2. The van der Waals surface area contributed by atoms with Gasteiger partial charge < -0.3 is 9.47 Å². The fourth-order valence-corrected chi connectivity index (χ4v) is 4.55. The van der Waals surface area contributed by atoms with Crippen molar-refractivity contribution in [2.75, 3.05) is 0 Å². The molecular weight excluding hydrogens is 546 g/mol. The van der Waals surface area contributed by atoms with Crippen molar-refractivity contribution >= 4 is 0 Å². The summed E-state index contributed by atoms with van der Waals surface area (Å²) < 4.78 is 41.6. The zero-order chi connectivity index (χ0) is 29.8. The van der Waals surface area contributed by atoms with Crippen LogP contribution < -0.4 is 9.47 Å². The molecule has 2 aromatic carbocycles. The lowest BCUT2D eigenvalue weighted by atomic mass is 9.84. The van der Waals surface area contributed by atoms with Crippen molar-refractivity contribution in [3.8, 4) is 45.8 Å². The van der Waals surface area contributed by atoms with E-state index in [1.807, 2.05) is 74.5 Å². The van der Waals surface area contributed by atoms with Crippen LogP contribution in [0.15, 0.2) is 121 Å². The van der Waals surface area contributed by atoms with Gasteiger partial charge in [0.25, 0.3) is 0 Å². The number of nitrogens with zero attached hydrogens (tertiary/aromatic N) is 4. The van der Waals surface area contributed by atoms with Gasteiger partial charge in [0, 0.05) is 17.5 Å². The van der Waals surface area contributed by atoms with Gasteiger partial charge >= 0.3 is 0 Å². The van der Waals surface area contributed by atoms with Crippen LogP contribution in [0.5, 0.6) is 23.3 Å². The second kappa shape index (κ2) is 11.8. The molecule has 0 aliphatic rings. The molecule has 0 radical (unpaired) electrons. The summed E-state index contributed by atoms with van der Waals surface area (Å²) in [7, 11) is 0. The van der Waals surface area contributed by atoms with Crippen LogP contribution in [-0.2, 0) is 5.41 Å². The molecule has 0 N–H and O–H groups in total. The summed E-state index contributed by atoms with van der Waals surface area (Å²) >= 11 is 0. The topological polar surface area (TPSA) is 70.0 Å². The minimum absolute atomic E-state index is 0.145. The van der Waals surface area contributed by atoms with E-state index in [1.165, 1.54) is 0 Å². The predicted molar refractivity (Wildman–Crippen MR) is 160 cm³/mol. The third-order valence-electron chi connectivity index (χ3n) is 6.91. The number of pyridine rings is 4. The Labute approximate surface area is 247 Å². The number of halogens is 2. The molecule has 0 unspecified atom stereocenters. The van der Waals surface area contributed by atoms with E-state index < -0.39 is 17.3 Å². The molecule has 0 saturated carbocycles. The molecule has 0 amide bonds. The molecule has 212 valence electrons. The number of hydrogen-bond donors (Lipinski definition) is 0. The minimum Gasteiger partial charge on any atom is -0.439 e. The zero-order valence-electron chi connectivity index (χ0n) is 23.4. The first-order valence-corrected chi connectivity index (χ1v) is 13.6. The molecule has 0 spiro atoms. The van der Waals surface area contributed by atoms with Gasteiger partial charge in [-0.2, -0.15) is 18.7 Å². The van der Waals surface area contributed by atoms with Crippen LogP contribution in [0.4, 0.5) is 8.78 Å². The third-order valence-corrected chi connectivity index (χ3v) is 6.91. The number of aromatic nitrogens is 4. The summed E-state index contributed by atoms with van der Waals surface area (Å²) in [4.78, 5) is 17.5. The highest BCUT2D eigenvalue weighted by Crippen LogP contribution is 2.33. The molecule has 0 aliphatic heterocycles. The normalized spacial score (nSPS) is 11.3. The highest BCUT2D eigenvalue weighted by Gasteiger charge is 2.28. The van der Waals surface area contributed by atoms with Crippen LogP contribution in [0, 0.1) is 11.9 Å². The van der Waals surface area contributed by atoms with Crippen LogP contribution in [0.1, 0.15) is 25.2 Å². The highest BCUT2D eigenvalue weighted by molar-refractivity contribution is 5.61. The molecule has 4 heterocycles. The van der Waals surface area contributed by atoms with E-state index in [4.69, 9.17) is 19.4 Å². The van der Waals surface area contributed by atoms with E-state index in [0.717, 1.165) is 0 Å². The van der Waals surface area contributed by atoms with E-state index in [0.29, 0.717) is 34.3 Å². The van der Waals surface area contributed by atoms with Gasteiger partial charge in [-0.25, -0.2) is 0 Å².